The topological polar surface area (TPSA) is 53.8 Å². The molecule has 2 aromatic carbocycles. The Labute approximate surface area is 155 Å². The third-order valence-corrected chi connectivity index (χ3v) is 4.83. The lowest BCUT2D eigenvalue weighted by atomic mass is 10.1. The van der Waals surface area contributed by atoms with Crippen molar-refractivity contribution in [3.05, 3.63) is 59.3 Å². The molecule has 2 heterocycles. The summed E-state index contributed by atoms with van der Waals surface area (Å²) in [5.41, 5.74) is 2.04. The molecule has 2 amide bonds. The highest BCUT2D eigenvalue weighted by Gasteiger charge is 2.34. The van der Waals surface area contributed by atoms with Crippen molar-refractivity contribution < 1.29 is 14.0 Å². The highest BCUT2D eigenvalue weighted by Crippen LogP contribution is 2.36. The lowest BCUT2D eigenvalue weighted by Crippen LogP contribution is -2.51. The van der Waals surface area contributed by atoms with Crippen molar-refractivity contribution in [3.8, 4) is 0 Å². The first kappa shape index (κ1) is 16.7. The Morgan fingerprint density at radius 2 is 1.85 bits per heavy atom. The molecule has 1 aliphatic heterocycles. The number of furan rings is 1. The van der Waals surface area contributed by atoms with Gasteiger partial charge in [-0.15, -0.1) is 0 Å². The van der Waals surface area contributed by atoms with E-state index in [1.54, 1.807) is 34.1 Å². The average Bonchev–Trinajstić information content (AvgIpc) is 3.03. The van der Waals surface area contributed by atoms with E-state index in [9.17, 15) is 9.59 Å². The maximum absolute atomic E-state index is 13.1. The molecule has 5 nitrogen and oxygen atoms in total. The third kappa shape index (κ3) is 2.65. The number of amides is 2. The smallest absolute Gasteiger partial charge is 0.294 e. The summed E-state index contributed by atoms with van der Waals surface area (Å²) in [7, 11) is 0. The first-order chi connectivity index (χ1) is 12.5. The maximum atomic E-state index is 13.1. The van der Waals surface area contributed by atoms with Crippen LogP contribution >= 0.6 is 11.6 Å². The van der Waals surface area contributed by atoms with Gasteiger partial charge in [0.05, 0.1) is 17.4 Å². The summed E-state index contributed by atoms with van der Waals surface area (Å²) in [6.07, 6.45) is 0. The normalized spacial score (nSPS) is 16.7. The molecule has 0 radical (unpaired) electrons. The number of rotatable bonds is 1. The maximum Gasteiger partial charge on any atom is 0.294 e. The second-order valence-electron chi connectivity index (χ2n) is 6.44. The van der Waals surface area contributed by atoms with Gasteiger partial charge in [0.1, 0.15) is 5.58 Å². The van der Waals surface area contributed by atoms with Crippen molar-refractivity contribution in [3.63, 3.8) is 0 Å². The van der Waals surface area contributed by atoms with Crippen molar-refractivity contribution in [1.29, 1.82) is 0 Å². The zero-order valence-corrected chi connectivity index (χ0v) is 15.2. The fourth-order valence-corrected chi connectivity index (χ4v) is 3.68. The fourth-order valence-electron chi connectivity index (χ4n) is 3.50. The molecule has 26 heavy (non-hydrogen) atoms. The molecule has 0 saturated carbocycles. The molecule has 1 aliphatic rings. The summed E-state index contributed by atoms with van der Waals surface area (Å²) >= 11 is 6.01. The quantitative estimate of drug-likeness (QED) is 0.636. The summed E-state index contributed by atoms with van der Waals surface area (Å²) in [6.45, 7) is 3.86. The van der Waals surface area contributed by atoms with E-state index < -0.39 is 0 Å². The molecule has 0 N–H and O–H groups in total. The van der Waals surface area contributed by atoms with Crippen molar-refractivity contribution >= 4 is 45.8 Å². The molecule has 1 aromatic heterocycles. The third-order valence-electron chi connectivity index (χ3n) is 4.59. The van der Waals surface area contributed by atoms with Crippen molar-refractivity contribution in [1.82, 2.24) is 0 Å². The van der Waals surface area contributed by atoms with Gasteiger partial charge in [0.2, 0.25) is 5.91 Å². The zero-order chi connectivity index (χ0) is 18.4. The summed E-state index contributed by atoms with van der Waals surface area (Å²) in [4.78, 5) is 28.6. The van der Waals surface area contributed by atoms with Crippen LogP contribution in [0, 0.1) is 0 Å². The van der Waals surface area contributed by atoms with Crippen LogP contribution in [-0.4, -0.2) is 24.4 Å². The van der Waals surface area contributed by atoms with Gasteiger partial charge in [0, 0.05) is 23.9 Å². The van der Waals surface area contributed by atoms with E-state index in [0.717, 1.165) is 11.1 Å². The molecule has 0 spiro atoms. The van der Waals surface area contributed by atoms with Gasteiger partial charge in [0.25, 0.3) is 5.91 Å². The standard InChI is InChI=1S/C20H17ClN2O3/c1-12-11-22(16-5-3-4-6-17(16)23(12)13(2)24)20(25)19-10-14-9-15(21)7-8-18(14)26-19/h3-10,12H,11H2,1-2H3. The molecule has 0 fully saturated rings. The van der Waals surface area contributed by atoms with Crippen LogP contribution in [0.4, 0.5) is 11.4 Å². The van der Waals surface area contributed by atoms with Crippen LogP contribution in [0.2, 0.25) is 5.02 Å². The first-order valence-corrected chi connectivity index (χ1v) is 8.73. The van der Waals surface area contributed by atoms with Crippen molar-refractivity contribution in [2.24, 2.45) is 0 Å². The van der Waals surface area contributed by atoms with Gasteiger partial charge in [0.15, 0.2) is 5.76 Å². The van der Waals surface area contributed by atoms with Crippen LogP contribution < -0.4 is 9.80 Å². The van der Waals surface area contributed by atoms with E-state index in [2.05, 4.69) is 0 Å². The molecule has 0 bridgehead atoms. The number of halogens is 1. The van der Waals surface area contributed by atoms with Gasteiger partial charge in [-0.2, -0.15) is 0 Å². The van der Waals surface area contributed by atoms with Crippen LogP contribution in [0.3, 0.4) is 0 Å². The van der Waals surface area contributed by atoms with Gasteiger partial charge in [-0.3, -0.25) is 9.59 Å². The number of benzene rings is 2. The fraction of sp³-hybridized carbons (Fsp3) is 0.200. The Morgan fingerprint density at radius 1 is 1.12 bits per heavy atom. The molecule has 1 unspecified atom stereocenters. The molecule has 4 rings (SSSR count). The minimum absolute atomic E-state index is 0.0459. The number of nitrogens with zero attached hydrogens (tertiary/aromatic N) is 2. The number of anilines is 2. The predicted octanol–water partition coefficient (Wildman–Crippen LogP) is 4.49. The number of carbonyl (C=O) groups excluding carboxylic acids is 2. The van der Waals surface area contributed by atoms with Crippen LogP contribution in [0.5, 0.6) is 0 Å². The number of hydrogen-bond donors (Lipinski definition) is 0. The van der Waals surface area contributed by atoms with Crippen molar-refractivity contribution in [2.75, 3.05) is 16.3 Å². The SMILES string of the molecule is CC(=O)N1c2ccccc2N(C(=O)c2cc3cc(Cl)ccc3o2)CC1C. The second kappa shape index (κ2) is 6.18. The predicted molar refractivity (Wildman–Crippen MR) is 102 cm³/mol. The highest BCUT2D eigenvalue weighted by molar-refractivity contribution is 6.31. The van der Waals surface area contributed by atoms with E-state index in [-0.39, 0.29) is 23.6 Å². The minimum atomic E-state index is -0.236. The summed E-state index contributed by atoms with van der Waals surface area (Å²) in [5, 5.41) is 1.37. The number of fused-ring (bicyclic) bond motifs is 2. The second-order valence-corrected chi connectivity index (χ2v) is 6.87. The van der Waals surface area contributed by atoms with Gasteiger partial charge < -0.3 is 14.2 Å². The Kier molecular flexibility index (Phi) is 3.96. The Bertz CT molecular complexity index is 1030. The van der Waals surface area contributed by atoms with Gasteiger partial charge in [-0.1, -0.05) is 23.7 Å². The van der Waals surface area contributed by atoms with Crippen LogP contribution in [0.15, 0.2) is 52.9 Å². The minimum Gasteiger partial charge on any atom is -0.451 e. The summed E-state index contributed by atoms with van der Waals surface area (Å²) < 4.78 is 5.73. The monoisotopic (exact) mass is 368 g/mol. The zero-order valence-electron chi connectivity index (χ0n) is 14.4. The lowest BCUT2D eigenvalue weighted by Gasteiger charge is -2.40. The van der Waals surface area contributed by atoms with E-state index in [1.807, 2.05) is 31.2 Å². The lowest BCUT2D eigenvalue weighted by molar-refractivity contribution is -0.117. The van der Waals surface area contributed by atoms with E-state index in [4.69, 9.17) is 16.0 Å². The van der Waals surface area contributed by atoms with Gasteiger partial charge in [-0.05, 0) is 43.3 Å². The Balaban J connectivity index is 1.77. The molecule has 1 atom stereocenters. The Hall–Kier alpha value is -2.79. The van der Waals surface area contributed by atoms with E-state index in [1.165, 1.54) is 6.92 Å². The molecular weight excluding hydrogens is 352 g/mol. The largest absolute Gasteiger partial charge is 0.451 e. The van der Waals surface area contributed by atoms with Gasteiger partial charge in [-0.25, -0.2) is 0 Å². The Morgan fingerprint density at radius 3 is 2.58 bits per heavy atom. The number of para-hydroxylation sites is 2. The molecule has 132 valence electrons. The van der Waals surface area contributed by atoms with Crippen LogP contribution in [0.25, 0.3) is 11.0 Å². The summed E-state index contributed by atoms with van der Waals surface area (Å²) in [6, 6.07) is 14.2. The van der Waals surface area contributed by atoms with Crippen LogP contribution in [0.1, 0.15) is 24.4 Å². The molecule has 6 heteroatoms. The number of carbonyl (C=O) groups is 2. The average molecular weight is 369 g/mol. The molecule has 3 aromatic rings. The van der Waals surface area contributed by atoms with Crippen molar-refractivity contribution in [2.45, 2.75) is 19.9 Å². The number of hydrogen-bond acceptors (Lipinski definition) is 3. The molecule has 0 saturated heterocycles. The highest BCUT2D eigenvalue weighted by atomic mass is 35.5. The summed E-state index contributed by atoms with van der Waals surface area (Å²) in [5.74, 6) is -0.0317. The molecule has 0 aliphatic carbocycles. The van der Waals surface area contributed by atoms with Gasteiger partial charge >= 0.3 is 0 Å². The van der Waals surface area contributed by atoms with E-state index >= 15 is 0 Å². The molecular formula is C20H17ClN2O3. The first-order valence-electron chi connectivity index (χ1n) is 8.35. The van der Waals surface area contributed by atoms with E-state index in [0.29, 0.717) is 22.8 Å². The van der Waals surface area contributed by atoms with Crippen LogP contribution in [-0.2, 0) is 4.79 Å².